The Balaban J connectivity index is 1.61. The van der Waals surface area contributed by atoms with E-state index in [1.807, 2.05) is 6.92 Å². The number of hydrogen-bond acceptors (Lipinski definition) is 8. The van der Waals surface area contributed by atoms with E-state index in [2.05, 4.69) is 15.2 Å². The molecule has 3 aromatic heterocycles. The van der Waals surface area contributed by atoms with Crippen molar-refractivity contribution in [2.24, 2.45) is 0 Å². The van der Waals surface area contributed by atoms with E-state index in [4.69, 9.17) is 14.2 Å². The quantitative estimate of drug-likeness (QED) is 0.383. The van der Waals surface area contributed by atoms with Gasteiger partial charge < -0.3 is 19.3 Å². The summed E-state index contributed by atoms with van der Waals surface area (Å²) < 4.78 is 34.9. The Morgan fingerprint density at radius 3 is 2.68 bits per heavy atom. The summed E-state index contributed by atoms with van der Waals surface area (Å²) in [7, 11) is 0. The molecule has 2 aliphatic rings. The van der Waals surface area contributed by atoms with Crippen LogP contribution in [0, 0.1) is 12.7 Å². The Morgan fingerprint density at radius 1 is 1.16 bits per heavy atom. The van der Waals surface area contributed by atoms with Gasteiger partial charge in [-0.25, -0.2) is 9.18 Å². The first kappa shape index (κ1) is 24.0. The minimum atomic E-state index is -0.810. The van der Waals surface area contributed by atoms with Crippen LogP contribution in [0.1, 0.15) is 43.5 Å². The SMILES string of the molecule is Cc1ncc(O)cc1-c1cc2c(n3cnnc13)N(C(=O)OC(C)(C)C)Cc1c(F)ccc3c1[C@H](CO3)CO2. The second kappa shape index (κ2) is 8.57. The Morgan fingerprint density at radius 2 is 1.92 bits per heavy atom. The smallest absolute Gasteiger partial charge is 0.416 e. The molecule has 1 aromatic carbocycles. The number of ether oxygens (including phenoxy) is 3. The van der Waals surface area contributed by atoms with Crippen molar-refractivity contribution in [2.45, 2.75) is 45.8 Å². The van der Waals surface area contributed by atoms with E-state index >= 15 is 4.39 Å². The summed E-state index contributed by atoms with van der Waals surface area (Å²) in [6, 6.07) is 6.27. The Kier molecular flexibility index (Phi) is 5.41. The highest BCUT2D eigenvalue weighted by atomic mass is 19.1. The minimum Gasteiger partial charge on any atom is -0.506 e. The van der Waals surface area contributed by atoms with Crippen LogP contribution in [-0.4, -0.2) is 49.6 Å². The predicted molar refractivity (Wildman–Crippen MR) is 135 cm³/mol. The molecule has 0 unspecified atom stereocenters. The molecule has 0 fully saturated rings. The maximum atomic E-state index is 15.3. The zero-order valence-electron chi connectivity index (χ0n) is 21.4. The molecule has 1 amide bonds. The van der Waals surface area contributed by atoms with E-state index in [1.165, 1.54) is 23.5 Å². The maximum absolute atomic E-state index is 15.3. The second-order valence-electron chi connectivity index (χ2n) is 10.4. The lowest BCUT2D eigenvalue weighted by molar-refractivity contribution is 0.0574. The number of benzene rings is 1. The van der Waals surface area contributed by atoms with Gasteiger partial charge in [0, 0.05) is 27.9 Å². The lowest BCUT2D eigenvalue weighted by Gasteiger charge is -2.29. The Labute approximate surface area is 217 Å². The van der Waals surface area contributed by atoms with Crippen molar-refractivity contribution in [3.63, 3.8) is 0 Å². The van der Waals surface area contributed by atoms with Gasteiger partial charge in [0.25, 0.3) is 0 Å². The number of aromatic nitrogens is 4. The van der Waals surface area contributed by atoms with Gasteiger partial charge in [-0.3, -0.25) is 14.3 Å². The third-order valence-electron chi connectivity index (χ3n) is 6.61. The molecule has 10 nitrogen and oxygen atoms in total. The first-order valence-corrected chi connectivity index (χ1v) is 12.2. The van der Waals surface area contributed by atoms with Crippen LogP contribution in [0.25, 0.3) is 16.8 Å². The molecular formula is C27H26FN5O5. The van der Waals surface area contributed by atoms with Gasteiger partial charge in [-0.05, 0) is 52.0 Å². The number of halogens is 1. The number of carbonyl (C=O) groups excluding carboxylic acids is 1. The fraction of sp³-hybridized carbons (Fsp3) is 0.333. The first-order valence-electron chi connectivity index (χ1n) is 12.2. The molecule has 38 heavy (non-hydrogen) atoms. The summed E-state index contributed by atoms with van der Waals surface area (Å²) in [5.41, 5.74) is 2.48. The summed E-state index contributed by atoms with van der Waals surface area (Å²) in [6.45, 7) is 7.48. The van der Waals surface area contributed by atoms with Crippen LogP contribution in [0.2, 0.25) is 0 Å². The van der Waals surface area contributed by atoms with Crippen LogP contribution in [0.15, 0.2) is 36.8 Å². The van der Waals surface area contributed by atoms with E-state index < -0.39 is 17.5 Å². The van der Waals surface area contributed by atoms with Crippen LogP contribution in [-0.2, 0) is 11.3 Å². The van der Waals surface area contributed by atoms with Gasteiger partial charge >= 0.3 is 6.09 Å². The number of hydrogen-bond donors (Lipinski definition) is 1. The highest BCUT2D eigenvalue weighted by Crippen LogP contribution is 2.44. The van der Waals surface area contributed by atoms with E-state index in [0.717, 1.165) is 0 Å². The number of carbonyl (C=O) groups is 1. The van der Waals surface area contributed by atoms with Crippen molar-refractivity contribution in [1.29, 1.82) is 0 Å². The number of aryl methyl sites for hydroxylation is 1. The number of aromatic hydroxyl groups is 1. The molecule has 1 atom stereocenters. The number of anilines is 1. The molecular weight excluding hydrogens is 493 g/mol. The Hall–Kier alpha value is -4.41. The third kappa shape index (κ3) is 3.94. The van der Waals surface area contributed by atoms with Gasteiger partial charge in [-0.2, -0.15) is 0 Å². The van der Waals surface area contributed by atoms with Crippen LogP contribution in [0.3, 0.4) is 0 Å². The highest BCUT2D eigenvalue weighted by Gasteiger charge is 2.37. The molecule has 196 valence electrons. The van der Waals surface area contributed by atoms with Gasteiger partial charge in [0.2, 0.25) is 0 Å². The van der Waals surface area contributed by atoms with Gasteiger partial charge in [-0.1, -0.05) is 0 Å². The fourth-order valence-electron chi connectivity index (χ4n) is 4.96. The largest absolute Gasteiger partial charge is 0.506 e. The minimum absolute atomic E-state index is 0.00957. The normalized spacial score (nSPS) is 16.6. The number of rotatable bonds is 1. The van der Waals surface area contributed by atoms with Crippen molar-refractivity contribution in [2.75, 3.05) is 18.1 Å². The highest BCUT2D eigenvalue weighted by molar-refractivity contribution is 5.92. The first-order chi connectivity index (χ1) is 18.1. The van der Waals surface area contributed by atoms with Crippen LogP contribution < -0.4 is 14.4 Å². The van der Waals surface area contributed by atoms with Crippen molar-refractivity contribution in [3.8, 4) is 28.4 Å². The molecule has 11 heteroatoms. The zero-order valence-corrected chi connectivity index (χ0v) is 21.4. The number of fused-ring (bicyclic) bond motifs is 3. The van der Waals surface area contributed by atoms with E-state index in [9.17, 15) is 9.90 Å². The summed E-state index contributed by atoms with van der Waals surface area (Å²) in [6.07, 6.45) is 2.14. The fourth-order valence-corrected chi connectivity index (χ4v) is 4.96. The summed E-state index contributed by atoms with van der Waals surface area (Å²) in [4.78, 5) is 19.3. The zero-order chi connectivity index (χ0) is 26.8. The third-order valence-corrected chi connectivity index (χ3v) is 6.61. The average molecular weight is 520 g/mol. The van der Waals surface area contributed by atoms with Crippen LogP contribution in [0.5, 0.6) is 17.2 Å². The molecule has 4 aromatic rings. The molecule has 1 N–H and O–H groups in total. The van der Waals surface area contributed by atoms with Crippen LogP contribution >= 0.6 is 0 Å². The van der Waals surface area contributed by atoms with Crippen molar-refractivity contribution in [3.05, 3.63) is 59.4 Å². The van der Waals surface area contributed by atoms with E-state index in [0.29, 0.717) is 57.5 Å². The van der Waals surface area contributed by atoms with Crippen LogP contribution in [0.4, 0.5) is 15.0 Å². The monoisotopic (exact) mass is 519 g/mol. The van der Waals surface area contributed by atoms with Crippen molar-refractivity contribution >= 4 is 17.6 Å². The number of amides is 1. The molecule has 0 bridgehead atoms. The second-order valence-corrected chi connectivity index (χ2v) is 10.4. The number of nitrogens with zero attached hydrogens (tertiary/aromatic N) is 5. The van der Waals surface area contributed by atoms with Crippen molar-refractivity contribution in [1.82, 2.24) is 19.6 Å². The summed E-state index contributed by atoms with van der Waals surface area (Å²) in [5, 5.41) is 18.5. The molecule has 0 aliphatic carbocycles. The lowest BCUT2D eigenvalue weighted by Crippen LogP contribution is -2.38. The van der Waals surface area contributed by atoms with Gasteiger partial charge in [0.05, 0.1) is 31.9 Å². The van der Waals surface area contributed by atoms with E-state index in [-0.39, 0.29) is 24.8 Å². The van der Waals surface area contributed by atoms with Gasteiger partial charge in [0.1, 0.15) is 29.2 Å². The van der Waals surface area contributed by atoms with Crippen molar-refractivity contribution < 1.29 is 28.5 Å². The molecule has 5 heterocycles. The molecule has 0 saturated heterocycles. The molecule has 2 aliphatic heterocycles. The maximum Gasteiger partial charge on any atom is 0.416 e. The molecule has 0 radical (unpaired) electrons. The molecule has 0 saturated carbocycles. The average Bonchev–Trinajstić information content (AvgIpc) is 3.50. The van der Waals surface area contributed by atoms with E-state index in [1.54, 1.807) is 43.4 Å². The van der Waals surface area contributed by atoms with Gasteiger partial charge in [0.15, 0.2) is 17.2 Å². The number of pyridine rings is 2. The predicted octanol–water partition coefficient (Wildman–Crippen LogP) is 4.75. The van der Waals surface area contributed by atoms with Gasteiger partial charge in [-0.15, -0.1) is 10.2 Å². The lowest BCUT2D eigenvalue weighted by atomic mass is 9.95. The topological polar surface area (TPSA) is 111 Å². The standard InChI is InChI=1S/C27H26FN5O5/c1-14-17(7-16(34)9-29-14)18-8-22-25(33-13-30-31-24(18)33)32(26(35)38-27(2,3)4)10-19-20(28)5-6-21-23(19)15(11-36-21)12-37-22/h5-9,13,15,34H,10-12H2,1-4H3/t15-/m1/s1. The summed E-state index contributed by atoms with van der Waals surface area (Å²) in [5.74, 6) is 0.501. The molecule has 6 rings (SSSR count). The summed E-state index contributed by atoms with van der Waals surface area (Å²) >= 11 is 0. The molecule has 0 spiro atoms. The Bertz CT molecular complexity index is 1600.